The van der Waals surface area contributed by atoms with Gasteiger partial charge < -0.3 is 19.5 Å². The minimum atomic E-state index is -0.666. The molecule has 7 heteroatoms. The van der Waals surface area contributed by atoms with Crippen LogP contribution in [-0.2, 0) is 19.1 Å². The van der Waals surface area contributed by atoms with E-state index in [-0.39, 0.29) is 11.7 Å². The minimum absolute atomic E-state index is 0.265. The fourth-order valence-corrected chi connectivity index (χ4v) is 4.04. The summed E-state index contributed by atoms with van der Waals surface area (Å²) < 4.78 is 17.0. The third kappa shape index (κ3) is 7.54. The van der Waals surface area contributed by atoms with Crippen LogP contribution >= 0.6 is 0 Å². The Morgan fingerprint density at radius 2 is 1.80 bits per heavy atom. The van der Waals surface area contributed by atoms with Crippen molar-refractivity contribution in [1.82, 2.24) is 4.90 Å². The van der Waals surface area contributed by atoms with Crippen molar-refractivity contribution >= 4 is 28.7 Å². The number of rotatable bonds is 6. The van der Waals surface area contributed by atoms with Gasteiger partial charge in [-0.1, -0.05) is 45.0 Å². The minimum Gasteiger partial charge on any atom is -0.494 e. The average molecular weight is 483 g/mol. The van der Waals surface area contributed by atoms with Crippen molar-refractivity contribution in [1.29, 1.82) is 0 Å². The number of allylic oxidation sites excluding steroid dienone is 1. The van der Waals surface area contributed by atoms with E-state index in [2.05, 4.69) is 44.8 Å². The first kappa shape index (κ1) is 26.7. The van der Waals surface area contributed by atoms with Gasteiger partial charge >= 0.3 is 0 Å². The van der Waals surface area contributed by atoms with Crippen LogP contribution in [0.5, 0.6) is 5.75 Å². The lowest BCUT2D eigenvalue weighted by Gasteiger charge is -2.26. The lowest BCUT2D eigenvalue weighted by Crippen LogP contribution is -2.38. The normalized spacial score (nSPS) is 18.5. The maximum atomic E-state index is 11.3. The molecule has 2 aromatic rings. The summed E-state index contributed by atoms with van der Waals surface area (Å²) in [6.45, 7) is 15.7. The molecule has 1 atom stereocenters. The molecule has 0 aromatic heterocycles. The van der Waals surface area contributed by atoms with Gasteiger partial charge in [-0.25, -0.2) is 0 Å². The molecule has 2 aromatic carbocycles. The standard InChI is InChI=1S/C18H20N2O4.C10H18O/c21-13-18(22)19-16-5-6-17(15-4-2-1-3-14(15)16)24-12-9-20-7-10-23-11-8-20;1-7-6-9(10(3,4)5)11-8(7)2/h1-6,13H,7-12H2,(H,19,22);9H,6H2,1-5H3. The molecule has 0 radical (unpaired) electrons. The van der Waals surface area contributed by atoms with E-state index in [0.29, 0.717) is 18.4 Å². The summed E-state index contributed by atoms with van der Waals surface area (Å²) in [6.07, 6.45) is 1.76. The summed E-state index contributed by atoms with van der Waals surface area (Å²) in [5, 5.41) is 4.33. The van der Waals surface area contributed by atoms with Gasteiger partial charge in [0.1, 0.15) is 18.5 Å². The molecular formula is C28H38N2O5. The van der Waals surface area contributed by atoms with Crippen molar-refractivity contribution in [3.8, 4) is 5.75 Å². The lowest BCUT2D eigenvalue weighted by molar-refractivity contribution is -0.127. The molecule has 1 N–H and O–H groups in total. The number of morpholine rings is 1. The van der Waals surface area contributed by atoms with Crippen LogP contribution in [0.25, 0.3) is 10.8 Å². The Bertz CT molecular complexity index is 1040. The molecule has 0 aliphatic carbocycles. The van der Waals surface area contributed by atoms with E-state index in [0.717, 1.165) is 61.5 Å². The highest BCUT2D eigenvalue weighted by Crippen LogP contribution is 2.35. The summed E-state index contributed by atoms with van der Waals surface area (Å²) >= 11 is 0. The number of benzene rings is 2. The molecule has 0 spiro atoms. The fourth-order valence-electron chi connectivity index (χ4n) is 4.04. The van der Waals surface area contributed by atoms with Crippen LogP contribution in [0.15, 0.2) is 47.7 Å². The summed E-state index contributed by atoms with van der Waals surface area (Å²) in [4.78, 5) is 24.2. The Labute approximate surface area is 208 Å². The van der Waals surface area contributed by atoms with Gasteiger partial charge in [0.2, 0.25) is 6.29 Å². The van der Waals surface area contributed by atoms with Crippen molar-refractivity contribution in [2.45, 2.75) is 47.1 Å². The van der Waals surface area contributed by atoms with Crippen LogP contribution in [0.3, 0.4) is 0 Å². The Kier molecular flexibility index (Phi) is 9.29. The molecule has 2 heterocycles. The molecule has 1 amide bonds. The third-order valence-electron chi connectivity index (χ3n) is 6.40. The summed E-state index contributed by atoms with van der Waals surface area (Å²) in [5.74, 6) is 1.23. The number of anilines is 1. The van der Waals surface area contributed by atoms with Crippen LogP contribution in [0.4, 0.5) is 5.69 Å². The van der Waals surface area contributed by atoms with E-state index in [4.69, 9.17) is 14.2 Å². The van der Waals surface area contributed by atoms with Gasteiger partial charge in [0.15, 0.2) is 0 Å². The van der Waals surface area contributed by atoms with Crippen molar-refractivity contribution in [2.24, 2.45) is 5.41 Å². The monoisotopic (exact) mass is 482 g/mol. The second kappa shape index (κ2) is 12.2. The zero-order chi connectivity index (χ0) is 25.4. The summed E-state index contributed by atoms with van der Waals surface area (Å²) in [7, 11) is 0. The maximum absolute atomic E-state index is 11.3. The molecule has 1 saturated heterocycles. The topological polar surface area (TPSA) is 77.1 Å². The number of fused-ring (bicyclic) bond motifs is 1. The Hall–Kier alpha value is -2.90. The molecule has 35 heavy (non-hydrogen) atoms. The Morgan fingerprint density at radius 3 is 2.37 bits per heavy atom. The molecule has 190 valence electrons. The van der Waals surface area contributed by atoms with Gasteiger partial charge in [-0.3, -0.25) is 14.5 Å². The van der Waals surface area contributed by atoms with E-state index >= 15 is 0 Å². The van der Waals surface area contributed by atoms with Gasteiger partial charge in [0.25, 0.3) is 5.91 Å². The number of aldehydes is 1. The molecule has 4 rings (SSSR count). The van der Waals surface area contributed by atoms with E-state index in [9.17, 15) is 9.59 Å². The number of nitrogens with zero attached hydrogens (tertiary/aromatic N) is 1. The Balaban J connectivity index is 0.000000261. The number of carbonyl (C=O) groups excluding carboxylic acids is 2. The molecule has 7 nitrogen and oxygen atoms in total. The molecule has 2 aliphatic rings. The fraction of sp³-hybridized carbons (Fsp3) is 0.500. The van der Waals surface area contributed by atoms with Gasteiger partial charge in [-0.05, 0) is 37.0 Å². The van der Waals surface area contributed by atoms with Crippen LogP contribution in [0.1, 0.15) is 41.0 Å². The predicted octanol–water partition coefficient (Wildman–Crippen LogP) is 4.80. The van der Waals surface area contributed by atoms with Crippen LogP contribution in [-0.4, -0.2) is 62.7 Å². The highest BCUT2D eigenvalue weighted by atomic mass is 16.5. The number of hydrogen-bond donors (Lipinski definition) is 1. The highest BCUT2D eigenvalue weighted by molar-refractivity contribution is 6.30. The SMILES string of the molecule is CC1=C(C)OC(C(C)(C)C)C1.O=CC(=O)Nc1ccc(OCCN2CCOCC2)c2ccccc12. The first-order valence-electron chi connectivity index (χ1n) is 12.2. The number of nitrogens with one attached hydrogen (secondary N) is 1. The van der Waals surface area contributed by atoms with Gasteiger partial charge in [-0.15, -0.1) is 0 Å². The molecule has 1 fully saturated rings. The smallest absolute Gasteiger partial charge is 0.288 e. The van der Waals surface area contributed by atoms with Crippen LogP contribution in [0, 0.1) is 5.41 Å². The van der Waals surface area contributed by atoms with E-state index in [1.807, 2.05) is 30.3 Å². The first-order chi connectivity index (χ1) is 16.7. The first-order valence-corrected chi connectivity index (χ1v) is 12.2. The van der Waals surface area contributed by atoms with Gasteiger partial charge in [0.05, 0.1) is 19.0 Å². The molecule has 2 aliphatic heterocycles. The zero-order valence-electron chi connectivity index (χ0n) is 21.6. The molecular weight excluding hydrogens is 444 g/mol. The van der Waals surface area contributed by atoms with E-state index in [1.165, 1.54) is 5.57 Å². The quantitative estimate of drug-likeness (QED) is 0.471. The van der Waals surface area contributed by atoms with E-state index < -0.39 is 5.91 Å². The number of ether oxygens (including phenoxy) is 3. The largest absolute Gasteiger partial charge is 0.494 e. The number of hydrogen-bond acceptors (Lipinski definition) is 6. The van der Waals surface area contributed by atoms with Gasteiger partial charge in [0, 0.05) is 42.5 Å². The number of amides is 1. The molecule has 0 bridgehead atoms. The lowest BCUT2D eigenvalue weighted by atomic mass is 9.86. The average Bonchev–Trinajstić information content (AvgIpc) is 3.20. The van der Waals surface area contributed by atoms with Gasteiger partial charge in [-0.2, -0.15) is 0 Å². The molecule has 1 unspecified atom stereocenters. The van der Waals surface area contributed by atoms with Crippen molar-refractivity contribution in [3.63, 3.8) is 0 Å². The third-order valence-corrected chi connectivity index (χ3v) is 6.40. The van der Waals surface area contributed by atoms with Crippen molar-refractivity contribution in [2.75, 3.05) is 44.8 Å². The predicted molar refractivity (Wildman–Crippen MR) is 139 cm³/mol. The van der Waals surface area contributed by atoms with Crippen LogP contribution in [0.2, 0.25) is 0 Å². The zero-order valence-corrected chi connectivity index (χ0v) is 21.6. The maximum Gasteiger partial charge on any atom is 0.288 e. The van der Waals surface area contributed by atoms with Crippen molar-refractivity contribution < 1.29 is 23.8 Å². The second-order valence-electron chi connectivity index (χ2n) is 10.1. The Morgan fingerprint density at radius 1 is 1.11 bits per heavy atom. The van der Waals surface area contributed by atoms with Crippen molar-refractivity contribution in [3.05, 3.63) is 47.7 Å². The number of carbonyl (C=O) groups is 2. The second-order valence-corrected chi connectivity index (χ2v) is 10.1. The highest BCUT2D eigenvalue weighted by Gasteiger charge is 2.31. The molecule has 0 saturated carbocycles. The van der Waals surface area contributed by atoms with Crippen LogP contribution < -0.4 is 10.1 Å². The summed E-state index contributed by atoms with van der Waals surface area (Å²) in [6, 6.07) is 11.2. The summed E-state index contributed by atoms with van der Waals surface area (Å²) in [5.41, 5.74) is 2.28. The van der Waals surface area contributed by atoms with E-state index in [1.54, 1.807) is 6.07 Å².